The first-order chi connectivity index (χ1) is 16.2. The quantitative estimate of drug-likeness (QED) is 0.315. The molecule has 1 atom stereocenters. The molecule has 0 amide bonds. The predicted molar refractivity (Wildman–Crippen MR) is 122 cm³/mol. The van der Waals surface area contributed by atoms with Crippen molar-refractivity contribution in [2.75, 3.05) is 13.2 Å². The van der Waals surface area contributed by atoms with Gasteiger partial charge in [0.15, 0.2) is 0 Å². The largest absolute Gasteiger partial charge is 0.495 e. The van der Waals surface area contributed by atoms with Gasteiger partial charge in [-0.2, -0.15) is 26.3 Å². The summed E-state index contributed by atoms with van der Waals surface area (Å²) in [5.74, 6) is 0.974. The molecule has 9 heteroatoms. The Kier molecular flexibility index (Phi) is 9.73. The minimum Gasteiger partial charge on any atom is -0.495 e. The van der Waals surface area contributed by atoms with Crippen molar-refractivity contribution in [1.82, 2.24) is 0 Å². The normalized spacial score (nSPS) is 16.3. The molecule has 0 saturated heterocycles. The molecule has 3 nitrogen and oxygen atoms in total. The molecule has 0 fully saturated rings. The fourth-order valence-corrected chi connectivity index (χ4v) is 3.96. The van der Waals surface area contributed by atoms with E-state index in [1.165, 1.54) is 0 Å². The molecule has 0 aromatic heterocycles. The van der Waals surface area contributed by atoms with Crippen molar-refractivity contribution in [3.63, 3.8) is 0 Å². The van der Waals surface area contributed by atoms with Crippen LogP contribution in [-0.2, 0) is 10.2 Å². The van der Waals surface area contributed by atoms with Crippen molar-refractivity contribution in [2.45, 2.75) is 77.2 Å². The van der Waals surface area contributed by atoms with Gasteiger partial charge in [0.1, 0.15) is 12.4 Å². The van der Waals surface area contributed by atoms with E-state index in [-0.39, 0.29) is 37.1 Å². The number of ether oxygens (including phenoxy) is 2. The third-order valence-corrected chi connectivity index (χ3v) is 5.85. The second-order valence-corrected chi connectivity index (χ2v) is 9.74. The van der Waals surface area contributed by atoms with Crippen molar-refractivity contribution in [3.05, 3.63) is 53.3 Å². The summed E-state index contributed by atoms with van der Waals surface area (Å²) in [4.78, 5) is 0. The number of hydrogen-bond acceptors (Lipinski definition) is 3. The average Bonchev–Trinajstić information content (AvgIpc) is 2.75. The van der Waals surface area contributed by atoms with Crippen LogP contribution in [0.4, 0.5) is 26.3 Å². The van der Waals surface area contributed by atoms with Gasteiger partial charge in [0, 0.05) is 6.42 Å². The maximum Gasteiger partial charge on any atom is 0.410 e. The zero-order valence-corrected chi connectivity index (χ0v) is 20.5. The first kappa shape index (κ1) is 29.1. The van der Waals surface area contributed by atoms with E-state index in [2.05, 4.69) is 0 Å². The van der Waals surface area contributed by atoms with Gasteiger partial charge in [0.2, 0.25) is 5.41 Å². The Morgan fingerprint density at radius 3 is 1.83 bits per heavy atom. The summed E-state index contributed by atoms with van der Waals surface area (Å²) in [6.45, 7) is 7.98. The standard InChI is InChI=1S/C26H34F6O3/c1-17(2)5-10-21(33)16-35-23-13-8-20(9-14-23)24(25(27,28)29,26(30,31)32)19-6-11-22(12-7-19)34-15-18(3)4/h6-8,11-13,17-18,21,33H,5,9-10,14-16H2,1-4H3. The number of aliphatic hydroxyl groups excluding tert-OH is 1. The van der Waals surface area contributed by atoms with E-state index in [1.54, 1.807) is 0 Å². The van der Waals surface area contributed by atoms with Crippen LogP contribution in [0.15, 0.2) is 47.7 Å². The third kappa shape index (κ3) is 7.18. The van der Waals surface area contributed by atoms with E-state index in [1.807, 2.05) is 27.7 Å². The topological polar surface area (TPSA) is 38.7 Å². The van der Waals surface area contributed by atoms with Crippen molar-refractivity contribution >= 4 is 0 Å². The minimum absolute atomic E-state index is 0.0662. The van der Waals surface area contributed by atoms with Crippen molar-refractivity contribution in [1.29, 1.82) is 0 Å². The number of allylic oxidation sites excluding steroid dienone is 4. The van der Waals surface area contributed by atoms with Crippen molar-refractivity contribution < 1.29 is 40.9 Å². The molecule has 1 aromatic rings. The van der Waals surface area contributed by atoms with E-state index in [9.17, 15) is 31.4 Å². The highest BCUT2D eigenvalue weighted by Gasteiger charge is 2.73. The second kappa shape index (κ2) is 11.7. The van der Waals surface area contributed by atoms with Gasteiger partial charge < -0.3 is 14.6 Å². The van der Waals surface area contributed by atoms with Crippen molar-refractivity contribution in [3.8, 4) is 5.75 Å². The molecule has 0 radical (unpaired) electrons. The van der Waals surface area contributed by atoms with Crippen LogP contribution in [0.25, 0.3) is 0 Å². The number of halogens is 6. The van der Waals surface area contributed by atoms with Gasteiger partial charge in [0.25, 0.3) is 0 Å². The summed E-state index contributed by atoms with van der Waals surface area (Å²) in [6.07, 6.45) is -9.38. The van der Waals surface area contributed by atoms with Crippen LogP contribution in [0.3, 0.4) is 0 Å². The summed E-state index contributed by atoms with van der Waals surface area (Å²) in [5, 5.41) is 9.99. The molecule has 2 rings (SSSR count). The van der Waals surface area contributed by atoms with E-state index < -0.39 is 41.4 Å². The van der Waals surface area contributed by atoms with Gasteiger partial charge in [-0.05, 0) is 60.4 Å². The highest BCUT2D eigenvalue weighted by molar-refractivity contribution is 5.46. The van der Waals surface area contributed by atoms with E-state index >= 15 is 0 Å². The Balaban J connectivity index is 2.36. The Labute approximate surface area is 202 Å². The van der Waals surface area contributed by atoms with Gasteiger partial charge in [-0.3, -0.25) is 0 Å². The molecule has 0 bridgehead atoms. The molecule has 35 heavy (non-hydrogen) atoms. The molecular weight excluding hydrogens is 474 g/mol. The first-order valence-electron chi connectivity index (χ1n) is 11.8. The van der Waals surface area contributed by atoms with Crippen LogP contribution in [0.1, 0.15) is 58.9 Å². The van der Waals surface area contributed by atoms with Crippen LogP contribution in [-0.4, -0.2) is 36.8 Å². The molecule has 1 aliphatic carbocycles. The molecule has 1 aromatic carbocycles. The zero-order valence-electron chi connectivity index (χ0n) is 20.5. The van der Waals surface area contributed by atoms with Crippen LogP contribution in [0, 0.1) is 11.8 Å². The van der Waals surface area contributed by atoms with Gasteiger partial charge in [-0.1, -0.05) is 45.9 Å². The lowest BCUT2D eigenvalue weighted by atomic mass is 9.70. The Morgan fingerprint density at radius 1 is 0.771 bits per heavy atom. The molecule has 1 unspecified atom stereocenters. The average molecular weight is 509 g/mol. The maximum atomic E-state index is 14.3. The van der Waals surface area contributed by atoms with E-state index in [0.717, 1.165) is 42.8 Å². The number of alkyl halides is 6. The molecular formula is C26H34F6O3. The van der Waals surface area contributed by atoms with Crippen molar-refractivity contribution in [2.24, 2.45) is 11.8 Å². The lowest BCUT2D eigenvalue weighted by Crippen LogP contribution is -2.55. The Hall–Kier alpha value is -2.16. The van der Waals surface area contributed by atoms with E-state index in [0.29, 0.717) is 12.3 Å². The van der Waals surface area contributed by atoms with Gasteiger partial charge in [0.05, 0.1) is 18.5 Å². The van der Waals surface area contributed by atoms with Crippen LogP contribution >= 0.6 is 0 Å². The molecule has 1 aliphatic rings. The highest BCUT2D eigenvalue weighted by atomic mass is 19.4. The molecule has 1 N–H and O–H groups in total. The number of rotatable bonds is 11. The van der Waals surface area contributed by atoms with Crippen LogP contribution < -0.4 is 4.74 Å². The Morgan fingerprint density at radius 2 is 1.37 bits per heavy atom. The van der Waals surface area contributed by atoms with Gasteiger partial charge in [-0.15, -0.1) is 0 Å². The number of aliphatic hydroxyl groups is 1. The Bertz CT molecular complexity index is 853. The summed E-state index contributed by atoms with van der Waals surface area (Å²) in [6, 6.07) is 3.93. The summed E-state index contributed by atoms with van der Waals surface area (Å²) >= 11 is 0. The third-order valence-electron chi connectivity index (χ3n) is 5.85. The maximum absolute atomic E-state index is 14.3. The number of benzene rings is 1. The monoisotopic (exact) mass is 508 g/mol. The summed E-state index contributed by atoms with van der Waals surface area (Å²) < 4.78 is 96.8. The smallest absolute Gasteiger partial charge is 0.410 e. The summed E-state index contributed by atoms with van der Waals surface area (Å²) in [7, 11) is 0. The molecule has 0 heterocycles. The molecule has 0 saturated carbocycles. The first-order valence-corrected chi connectivity index (χ1v) is 11.8. The van der Waals surface area contributed by atoms with Crippen LogP contribution in [0.2, 0.25) is 0 Å². The fraction of sp³-hybridized carbons (Fsp3) is 0.615. The molecule has 0 spiro atoms. The van der Waals surface area contributed by atoms with Gasteiger partial charge in [-0.25, -0.2) is 0 Å². The predicted octanol–water partition coefficient (Wildman–Crippen LogP) is 7.50. The zero-order chi connectivity index (χ0) is 26.4. The fourth-order valence-electron chi connectivity index (χ4n) is 3.96. The van der Waals surface area contributed by atoms with Crippen LogP contribution in [0.5, 0.6) is 5.75 Å². The molecule has 198 valence electrons. The number of hydrogen-bond donors (Lipinski definition) is 1. The molecule has 0 aliphatic heterocycles. The highest BCUT2D eigenvalue weighted by Crippen LogP contribution is 2.58. The summed E-state index contributed by atoms with van der Waals surface area (Å²) in [5.41, 5.74) is -5.88. The SMILES string of the molecule is CC(C)CCC(O)COC1=CC=C(C(c2ccc(OCC(C)C)cc2)(C(F)(F)F)C(F)(F)F)CC1. The lowest BCUT2D eigenvalue weighted by molar-refractivity contribution is -0.290. The van der Waals surface area contributed by atoms with E-state index in [4.69, 9.17) is 9.47 Å². The minimum atomic E-state index is -5.63. The van der Waals surface area contributed by atoms with Gasteiger partial charge >= 0.3 is 12.4 Å². The lowest BCUT2D eigenvalue weighted by Gasteiger charge is -2.40. The second-order valence-electron chi connectivity index (χ2n) is 9.74.